The molecule has 0 unspecified atom stereocenters. The number of carbonyl (C=O) groups is 3. The van der Waals surface area contributed by atoms with Crippen molar-refractivity contribution >= 4 is 26.0 Å². The molecule has 6 nitrogen and oxygen atoms in total. The minimum absolute atomic E-state index is 0.0130. The average Bonchev–Trinajstić information content (AvgIpc) is 2.53. The maximum Gasteiger partial charge on any atom is 0.352 e. The van der Waals surface area contributed by atoms with Crippen molar-refractivity contribution < 1.29 is 23.9 Å². The number of carbonyl (C=O) groups excluding carboxylic acids is 2. The molecule has 1 amide bonds. The number of fused-ring (bicyclic) bond motifs is 1. The van der Waals surface area contributed by atoms with Crippen LogP contribution in [-0.4, -0.2) is 48.1 Å². The molecular weight excluding hydrogens is 326 g/mol. The first-order valence-electron chi connectivity index (χ1n) is 8.33. The molecule has 0 aromatic carbocycles. The fraction of sp³-hybridized carbons (Fsp3) is 0.706. The number of carboxylic acid groups (broad SMARTS) is 1. The SMILES string of the molecule is C[C@@H](O[Si](C)(C)C(C)(C)C)[C@H]1C(=O)N2C(C(=O)O)=CCC(=O)C[C@H]12. The number of β-lactam (4-membered cyclic amide) rings is 1. The predicted molar refractivity (Wildman–Crippen MR) is 91.8 cm³/mol. The van der Waals surface area contributed by atoms with Gasteiger partial charge in [-0.25, -0.2) is 4.79 Å². The molecule has 134 valence electrons. The van der Waals surface area contributed by atoms with Crippen LogP contribution in [0.1, 0.15) is 40.5 Å². The van der Waals surface area contributed by atoms with E-state index >= 15 is 0 Å². The molecule has 0 saturated carbocycles. The normalized spacial score (nSPS) is 26.2. The van der Waals surface area contributed by atoms with Crippen LogP contribution in [0, 0.1) is 5.92 Å². The summed E-state index contributed by atoms with van der Waals surface area (Å²) >= 11 is 0. The molecule has 1 saturated heterocycles. The van der Waals surface area contributed by atoms with Crippen molar-refractivity contribution in [3.8, 4) is 0 Å². The lowest BCUT2D eigenvalue weighted by Crippen LogP contribution is -2.65. The highest BCUT2D eigenvalue weighted by Gasteiger charge is 2.55. The lowest BCUT2D eigenvalue weighted by Gasteiger charge is -2.50. The van der Waals surface area contributed by atoms with Gasteiger partial charge in [0.25, 0.3) is 0 Å². The van der Waals surface area contributed by atoms with Gasteiger partial charge in [-0.3, -0.25) is 9.59 Å². The van der Waals surface area contributed by atoms with Gasteiger partial charge < -0.3 is 14.4 Å². The Labute approximate surface area is 144 Å². The second kappa shape index (κ2) is 6.11. The Balaban J connectivity index is 2.22. The van der Waals surface area contributed by atoms with Gasteiger partial charge in [-0.15, -0.1) is 0 Å². The van der Waals surface area contributed by atoms with Gasteiger partial charge in [0.1, 0.15) is 11.5 Å². The maximum absolute atomic E-state index is 12.6. The van der Waals surface area contributed by atoms with E-state index in [4.69, 9.17) is 4.43 Å². The largest absolute Gasteiger partial charge is 0.477 e. The summed E-state index contributed by atoms with van der Waals surface area (Å²) in [5.74, 6) is -1.92. The minimum atomic E-state index is -2.05. The summed E-state index contributed by atoms with van der Waals surface area (Å²) in [5, 5.41) is 9.32. The molecule has 2 heterocycles. The highest BCUT2D eigenvalue weighted by molar-refractivity contribution is 6.74. The van der Waals surface area contributed by atoms with Gasteiger partial charge in [-0.2, -0.15) is 0 Å². The molecule has 24 heavy (non-hydrogen) atoms. The van der Waals surface area contributed by atoms with Crippen molar-refractivity contribution in [2.75, 3.05) is 0 Å². The Morgan fingerprint density at radius 2 is 1.96 bits per heavy atom. The van der Waals surface area contributed by atoms with Gasteiger partial charge in [0.05, 0.1) is 18.1 Å². The maximum atomic E-state index is 12.6. The van der Waals surface area contributed by atoms with E-state index in [0.29, 0.717) is 0 Å². The molecule has 3 atom stereocenters. The molecule has 2 rings (SSSR count). The van der Waals surface area contributed by atoms with Gasteiger partial charge in [-0.05, 0) is 31.1 Å². The lowest BCUT2D eigenvalue weighted by atomic mass is 9.80. The number of aliphatic carboxylic acids is 1. The third-order valence-electron chi connectivity index (χ3n) is 5.50. The average molecular weight is 353 g/mol. The number of nitrogens with zero attached hydrogens (tertiary/aromatic N) is 1. The summed E-state index contributed by atoms with van der Waals surface area (Å²) in [6.07, 6.45) is 1.26. The van der Waals surface area contributed by atoms with E-state index in [2.05, 4.69) is 33.9 Å². The van der Waals surface area contributed by atoms with E-state index in [-0.39, 0.29) is 41.4 Å². The summed E-state index contributed by atoms with van der Waals surface area (Å²) in [6, 6.07) is -0.408. The third-order valence-corrected chi connectivity index (χ3v) is 10.1. The second-order valence-electron chi connectivity index (χ2n) is 8.23. The Kier molecular flexibility index (Phi) is 4.80. The van der Waals surface area contributed by atoms with Crippen LogP contribution < -0.4 is 0 Å². The van der Waals surface area contributed by atoms with E-state index in [0.717, 1.165) is 0 Å². The zero-order chi connectivity index (χ0) is 18.4. The predicted octanol–water partition coefficient (Wildman–Crippen LogP) is 2.56. The van der Waals surface area contributed by atoms with Gasteiger partial charge >= 0.3 is 5.97 Å². The van der Waals surface area contributed by atoms with Gasteiger partial charge in [0.2, 0.25) is 5.91 Å². The smallest absolute Gasteiger partial charge is 0.352 e. The summed E-state index contributed by atoms with van der Waals surface area (Å²) in [5.41, 5.74) is -0.0772. The summed E-state index contributed by atoms with van der Waals surface area (Å²) < 4.78 is 6.31. The zero-order valence-electron chi connectivity index (χ0n) is 15.3. The summed E-state index contributed by atoms with van der Waals surface area (Å²) in [4.78, 5) is 37.2. The third kappa shape index (κ3) is 3.19. The number of hydrogen-bond acceptors (Lipinski definition) is 4. The van der Waals surface area contributed by atoms with E-state index in [1.54, 1.807) is 0 Å². The molecule has 0 aromatic heterocycles. The molecule has 0 radical (unpaired) electrons. The molecule has 1 N–H and O–H groups in total. The first-order chi connectivity index (χ1) is 10.9. The molecule has 0 aromatic rings. The van der Waals surface area contributed by atoms with Crippen LogP contribution in [0.15, 0.2) is 11.8 Å². The fourth-order valence-corrected chi connectivity index (χ4v) is 4.56. The van der Waals surface area contributed by atoms with Crippen LogP contribution in [0.25, 0.3) is 0 Å². The van der Waals surface area contributed by atoms with Crippen LogP contribution >= 0.6 is 0 Å². The van der Waals surface area contributed by atoms with Crippen LogP contribution in [0.5, 0.6) is 0 Å². The number of ketones is 1. The van der Waals surface area contributed by atoms with Crippen molar-refractivity contribution in [3.63, 3.8) is 0 Å². The standard InChI is InChI=1S/C17H27NO5Si/c1-10(23-24(5,6)17(2,3)4)14-13-9-11(19)7-8-12(16(21)22)18(13)15(14)20/h8,10,13-14H,7,9H2,1-6H3,(H,21,22)/t10-,13-,14-/m1/s1. The Morgan fingerprint density at radius 1 is 1.38 bits per heavy atom. The molecule has 1 fully saturated rings. The first kappa shape index (κ1) is 18.9. The molecule has 2 aliphatic rings. The number of carboxylic acids is 1. The fourth-order valence-electron chi connectivity index (χ4n) is 3.13. The minimum Gasteiger partial charge on any atom is -0.477 e. The highest BCUT2D eigenvalue weighted by Crippen LogP contribution is 2.42. The molecule has 2 aliphatic heterocycles. The van der Waals surface area contributed by atoms with Crippen LogP contribution in [-0.2, 0) is 18.8 Å². The van der Waals surface area contributed by atoms with Crippen LogP contribution in [0.2, 0.25) is 18.1 Å². The Bertz CT molecular complexity index is 605. The van der Waals surface area contributed by atoms with Gasteiger partial charge in [0.15, 0.2) is 8.32 Å². The highest BCUT2D eigenvalue weighted by atomic mass is 28.4. The van der Waals surface area contributed by atoms with Crippen molar-refractivity contribution in [1.82, 2.24) is 4.90 Å². The van der Waals surface area contributed by atoms with Crippen molar-refractivity contribution in [2.24, 2.45) is 5.92 Å². The van der Waals surface area contributed by atoms with E-state index in [1.165, 1.54) is 11.0 Å². The van der Waals surface area contributed by atoms with Crippen molar-refractivity contribution in [3.05, 3.63) is 11.8 Å². The van der Waals surface area contributed by atoms with Crippen molar-refractivity contribution in [1.29, 1.82) is 0 Å². The van der Waals surface area contributed by atoms with Gasteiger partial charge in [-0.1, -0.05) is 20.8 Å². The topological polar surface area (TPSA) is 83.9 Å². The lowest BCUT2D eigenvalue weighted by molar-refractivity contribution is -0.163. The molecule has 0 bridgehead atoms. The summed E-state index contributed by atoms with van der Waals surface area (Å²) in [6.45, 7) is 12.5. The quantitative estimate of drug-likeness (QED) is 0.620. The number of Topliss-reactive ketones (excluding diaryl/α,β-unsaturated/α-hetero) is 1. The van der Waals surface area contributed by atoms with E-state index in [9.17, 15) is 19.5 Å². The number of rotatable bonds is 4. The van der Waals surface area contributed by atoms with Crippen LogP contribution in [0.4, 0.5) is 0 Å². The van der Waals surface area contributed by atoms with Gasteiger partial charge in [0, 0.05) is 12.8 Å². The van der Waals surface area contributed by atoms with E-state index < -0.39 is 26.2 Å². The molecule has 7 heteroatoms. The zero-order valence-corrected chi connectivity index (χ0v) is 16.3. The Hall–Kier alpha value is -1.47. The van der Waals surface area contributed by atoms with Crippen LogP contribution in [0.3, 0.4) is 0 Å². The molecule has 0 aliphatic carbocycles. The number of allylic oxidation sites excluding steroid dienone is 1. The second-order valence-corrected chi connectivity index (χ2v) is 13.0. The number of amides is 1. The molecule has 0 spiro atoms. The monoisotopic (exact) mass is 353 g/mol. The van der Waals surface area contributed by atoms with E-state index in [1.807, 2.05) is 6.92 Å². The summed E-state index contributed by atoms with van der Waals surface area (Å²) in [7, 11) is -2.05. The first-order valence-corrected chi connectivity index (χ1v) is 11.2. The van der Waals surface area contributed by atoms with Crippen molar-refractivity contribution in [2.45, 2.75) is 70.8 Å². The molecular formula is C17H27NO5Si. The number of hydrogen-bond donors (Lipinski definition) is 1. The Morgan fingerprint density at radius 3 is 2.46 bits per heavy atom.